The first-order valence-corrected chi connectivity index (χ1v) is 10.4. The van der Waals surface area contributed by atoms with Crippen LogP contribution in [-0.2, 0) is 16.0 Å². The molecule has 0 saturated carbocycles. The second-order valence-corrected chi connectivity index (χ2v) is 8.05. The summed E-state index contributed by atoms with van der Waals surface area (Å²) in [4.78, 5) is 16.7. The first-order valence-electron chi connectivity index (χ1n) is 9.53. The normalized spacial score (nSPS) is 21.8. The predicted octanol–water partition coefficient (Wildman–Crippen LogP) is 3.36. The third kappa shape index (κ3) is 3.85. The monoisotopic (exact) mass is 370 g/mol. The van der Waals surface area contributed by atoms with Crippen LogP contribution in [0.1, 0.15) is 40.8 Å². The van der Waals surface area contributed by atoms with Gasteiger partial charge in [0.05, 0.1) is 25.2 Å². The minimum absolute atomic E-state index is 0.00590. The SMILES string of the molecule is O=C(NC[C@@H](c1cccs1)N1CCOCC1)[C@@H]1CCCc2ccccc21. The Morgan fingerprint density at radius 2 is 2.08 bits per heavy atom. The number of aryl methyl sites for hydroxylation is 1. The lowest BCUT2D eigenvalue weighted by molar-refractivity contribution is -0.123. The number of hydrogen-bond donors (Lipinski definition) is 1. The van der Waals surface area contributed by atoms with Crippen molar-refractivity contribution in [3.8, 4) is 0 Å². The first kappa shape index (κ1) is 17.7. The van der Waals surface area contributed by atoms with Crippen molar-refractivity contribution in [3.63, 3.8) is 0 Å². The van der Waals surface area contributed by atoms with E-state index in [1.807, 2.05) is 6.07 Å². The highest BCUT2D eigenvalue weighted by atomic mass is 32.1. The van der Waals surface area contributed by atoms with E-state index in [0.717, 1.165) is 45.6 Å². The molecular formula is C21H26N2O2S. The molecule has 0 radical (unpaired) electrons. The van der Waals surface area contributed by atoms with Gasteiger partial charge in [-0.1, -0.05) is 30.3 Å². The minimum Gasteiger partial charge on any atom is -0.379 e. The van der Waals surface area contributed by atoms with Crippen LogP contribution in [0.25, 0.3) is 0 Å². The van der Waals surface area contributed by atoms with E-state index in [-0.39, 0.29) is 17.9 Å². The molecule has 5 heteroatoms. The summed E-state index contributed by atoms with van der Waals surface area (Å²) in [6, 6.07) is 12.9. The lowest BCUT2D eigenvalue weighted by Crippen LogP contribution is -2.44. The van der Waals surface area contributed by atoms with Gasteiger partial charge in [0.15, 0.2) is 0 Å². The molecule has 1 N–H and O–H groups in total. The standard InChI is InChI=1S/C21H26N2O2S/c24-21(18-8-3-6-16-5-1-2-7-17(16)18)22-15-19(20-9-4-14-26-20)23-10-12-25-13-11-23/h1-2,4-5,7,9,14,18-19H,3,6,8,10-13,15H2,(H,22,24)/t18-,19+/m1/s1. The fraction of sp³-hybridized carbons (Fsp3) is 0.476. The van der Waals surface area contributed by atoms with Crippen LogP contribution in [0, 0.1) is 0 Å². The van der Waals surface area contributed by atoms with Crippen molar-refractivity contribution in [2.75, 3.05) is 32.8 Å². The maximum atomic E-state index is 13.0. The highest BCUT2D eigenvalue weighted by Gasteiger charge is 2.28. The second-order valence-electron chi connectivity index (χ2n) is 7.07. The van der Waals surface area contributed by atoms with E-state index < -0.39 is 0 Å². The Labute approximate surface area is 159 Å². The smallest absolute Gasteiger partial charge is 0.227 e. The molecule has 0 spiro atoms. The number of thiophene rings is 1. The molecule has 0 bridgehead atoms. The van der Waals surface area contributed by atoms with Gasteiger partial charge in [0.2, 0.25) is 5.91 Å². The zero-order valence-electron chi connectivity index (χ0n) is 15.0. The molecule has 1 aromatic carbocycles. The van der Waals surface area contributed by atoms with E-state index >= 15 is 0 Å². The molecule has 4 rings (SSSR count). The molecule has 1 saturated heterocycles. The van der Waals surface area contributed by atoms with Gasteiger partial charge in [0.1, 0.15) is 0 Å². The van der Waals surface area contributed by atoms with Crippen LogP contribution in [0.3, 0.4) is 0 Å². The van der Waals surface area contributed by atoms with Gasteiger partial charge in [-0.15, -0.1) is 11.3 Å². The Bertz CT molecular complexity index is 725. The second kappa shape index (κ2) is 8.33. The van der Waals surface area contributed by atoms with Crippen LogP contribution < -0.4 is 5.32 Å². The number of ether oxygens (including phenoxy) is 1. The van der Waals surface area contributed by atoms with Crippen molar-refractivity contribution in [1.29, 1.82) is 0 Å². The lowest BCUT2D eigenvalue weighted by Gasteiger charge is -2.34. The van der Waals surface area contributed by atoms with Crippen molar-refractivity contribution in [1.82, 2.24) is 10.2 Å². The number of carbonyl (C=O) groups excluding carboxylic acids is 1. The fourth-order valence-corrected chi connectivity index (χ4v) is 4.99. The van der Waals surface area contributed by atoms with Gasteiger partial charge in [-0.2, -0.15) is 0 Å². The summed E-state index contributed by atoms with van der Waals surface area (Å²) in [5.74, 6) is 0.167. The number of nitrogens with one attached hydrogen (secondary N) is 1. The molecule has 1 aliphatic carbocycles. The molecule has 2 atom stereocenters. The van der Waals surface area contributed by atoms with Gasteiger partial charge in [-0.05, 0) is 41.8 Å². The van der Waals surface area contributed by atoms with E-state index in [0.29, 0.717) is 6.54 Å². The molecule has 1 fully saturated rings. The zero-order chi connectivity index (χ0) is 17.8. The molecule has 1 aromatic heterocycles. The van der Waals surface area contributed by atoms with E-state index in [1.165, 1.54) is 16.0 Å². The average molecular weight is 371 g/mol. The molecule has 26 heavy (non-hydrogen) atoms. The number of rotatable bonds is 5. The third-order valence-electron chi connectivity index (χ3n) is 5.51. The third-order valence-corrected chi connectivity index (χ3v) is 6.49. The Balaban J connectivity index is 1.45. The number of hydrogen-bond acceptors (Lipinski definition) is 4. The number of amides is 1. The van der Waals surface area contributed by atoms with Gasteiger partial charge in [0.25, 0.3) is 0 Å². The van der Waals surface area contributed by atoms with Crippen LogP contribution in [0.5, 0.6) is 0 Å². The molecule has 2 aliphatic rings. The number of carbonyl (C=O) groups is 1. The number of morpholine rings is 1. The zero-order valence-corrected chi connectivity index (χ0v) is 15.8. The summed E-state index contributed by atoms with van der Waals surface area (Å²) in [6.07, 6.45) is 3.13. The van der Waals surface area contributed by atoms with Crippen molar-refractivity contribution < 1.29 is 9.53 Å². The quantitative estimate of drug-likeness (QED) is 0.877. The van der Waals surface area contributed by atoms with E-state index in [9.17, 15) is 4.79 Å². The number of benzene rings is 1. The summed E-state index contributed by atoms with van der Waals surface area (Å²) in [5, 5.41) is 5.38. The fourth-order valence-electron chi connectivity index (χ4n) is 4.13. The lowest BCUT2D eigenvalue weighted by atomic mass is 9.82. The summed E-state index contributed by atoms with van der Waals surface area (Å²) < 4.78 is 5.50. The van der Waals surface area contributed by atoms with E-state index in [1.54, 1.807) is 11.3 Å². The average Bonchev–Trinajstić information content (AvgIpc) is 3.23. The van der Waals surface area contributed by atoms with Crippen molar-refractivity contribution in [2.45, 2.75) is 31.2 Å². The predicted molar refractivity (Wildman–Crippen MR) is 105 cm³/mol. The molecule has 1 aliphatic heterocycles. The highest BCUT2D eigenvalue weighted by molar-refractivity contribution is 7.10. The minimum atomic E-state index is -0.00590. The Hall–Kier alpha value is -1.69. The Morgan fingerprint density at radius 1 is 1.23 bits per heavy atom. The molecule has 4 nitrogen and oxygen atoms in total. The van der Waals surface area contributed by atoms with Gasteiger partial charge in [-0.25, -0.2) is 0 Å². The highest BCUT2D eigenvalue weighted by Crippen LogP contribution is 2.32. The molecule has 1 amide bonds. The molecule has 2 heterocycles. The van der Waals surface area contributed by atoms with Crippen LogP contribution in [0.4, 0.5) is 0 Å². The van der Waals surface area contributed by atoms with Gasteiger partial charge in [0, 0.05) is 24.5 Å². The maximum absolute atomic E-state index is 13.0. The van der Waals surface area contributed by atoms with Crippen LogP contribution in [-0.4, -0.2) is 43.7 Å². The molecule has 0 unspecified atom stereocenters. The topological polar surface area (TPSA) is 41.6 Å². The summed E-state index contributed by atoms with van der Waals surface area (Å²) >= 11 is 1.77. The summed E-state index contributed by atoms with van der Waals surface area (Å²) in [7, 11) is 0. The maximum Gasteiger partial charge on any atom is 0.227 e. The molecular weight excluding hydrogens is 344 g/mol. The molecule has 138 valence electrons. The van der Waals surface area contributed by atoms with Crippen LogP contribution in [0.2, 0.25) is 0 Å². The number of nitrogens with zero attached hydrogens (tertiary/aromatic N) is 1. The van der Waals surface area contributed by atoms with Crippen molar-refractivity contribution >= 4 is 17.2 Å². The van der Waals surface area contributed by atoms with Gasteiger partial charge in [-0.3, -0.25) is 9.69 Å². The number of fused-ring (bicyclic) bond motifs is 1. The van der Waals surface area contributed by atoms with Gasteiger partial charge < -0.3 is 10.1 Å². The largest absolute Gasteiger partial charge is 0.379 e. The van der Waals surface area contributed by atoms with Crippen LogP contribution >= 0.6 is 11.3 Å². The first-order chi connectivity index (χ1) is 12.8. The Morgan fingerprint density at radius 3 is 2.88 bits per heavy atom. The van der Waals surface area contributed by atoms with Crippen molar-refractivity contribution in [2.24, 2.45) is 0 Å². The van der Waals surface area contributed by atoms with Crippen LogP contribution in [0.15, 0.2) is 41.8 Å². The summed E-state index contributed by atoms with van der Waals surface area (Å²) in [5.41, 5.74) is 2.55. The van der Waals surface area contributed by atoms with Crippen molar-refractivity contribution in [3.05, 3.63) is 57.8 Å². The Kier molecular flexibility index (Phi) is 5.68. The molecule has 2 aromatic rings. The summed E-state index contributed by atoms with van der Waals surface area (Å²) in [6.45, 7) is 4.05. The van der Waals surface area contributed by atoms with E-state index in [4.69, 9.17) is 4.74 Å². The van der Waals surface area contributed by atoms with Gasteiger partial charge >= 0.3 is 0 Å². The van der Waals surface area contributed by atoms with E-state index in [2.05, 4.69) is 45.9 Å².